The van der Waals surface area contributed by atoms with Crippen molar-refractivity contribution in [2.45, 2.75) is 19.4 Å². The lowest BCUT2D eigenvalue weighted by Gasteiger charge is -2.22. The van der Waals surface area contributed by atoms with Crippen LogP contribution in [0.1, 0.15) is 17.7 Å². The second-order valence-corrected chi connectivity index (χ2v) is 5.10. The Morgan fingerprint density at radius 3 is 2.60 bits per heavy atom. The largest absolute Gasteiger partial charge is 0.330 e. The van der Waals surface area contributed by atoms with E-state index in [4.69, 9.17) is 5.73 Å². The van der Waals surface area contributed by atoms with Crippen molar-refractivity contribution in [2.24, 2.45) is 12.8 Å². The van der Waals surface area contributed by atoms with Crippen LogP contribution >= 0.6 is 0 Å². The Hall–Kier alpha value is -1.65. The summed E-state index contributed by atoms with van der Waals surface area (Å²) >= 11 is 0. The van der Waals surface area contributed by atoms with Crippen molar-refractivity contribution >= 4 is 0 Å². The minimum Gasteiger partial charge on any atom is -0.330 e. The highest BCUT2D eigenvalue weighted by Crippen LogP contribution is 2.07. The van der Waals surface area contributed by atoms with Gasteiger partial charge in [-0.25, -0.2) is 0 Å². The van der Waals surface area contributed by atoms with Crippen molar-refractivity contribution in [1.82, 2.24) is 14.7 Å². The maximum atomic E-state index is 5.64. The van der Waals surface area contributed by atoms with E-state index in [1.807, 2.05) is 17.9 Å². The molecule has 2 aromatic rings. The van der Waals surface area contributed by atoms with Crippen LogP contribution in [0.2, 0.25) is 0 Å². The van der Waals surface area contributed by atoms with Gasteiger partial charge in [0.05, 0.1) is 0 Å². The zero-order valence-electron chi connectivity index (χ0n) is 12.2. The molecule has 4 nitrogen and oxygen atoms in total. The van der Waals surface area contributed by atoms with Gasteiger partial charge in [0.15, 0.2) is 0 Å². The number of benzene rings is 1. The number of hydrogen-bond donors (Lipinski definition) is 1. The summed E-state index contributed by atoms with van der Waals surface area (Å²) in [6, 6.07) is 12.7. The van der Waals surface area contributed by atoms with Crippen molar-refractivity contribution in [3.8, 4) is 0 Å². The average Bonchev–Trinajstić information content (AvgIpc) is 2.88. The fraction of sp³-hybridized carbons (Fsp3) is 0.438. The Bertz CT molecular complexity index is 492. The fourth-order valence-corrected chi connectivity index (χ4v) is 2.35. The molecule has 0 aliphatic carbocycles. The van der Waals surface area contributed by atoms with Gasteiger partial charge < -0.3 is 5.73 Å². The molecule has 0 aliphatic heterocycles. The Balaban J connectivity index is 1.91. The molecular weight excluding hydrogens is 248 g/mol. The summed E-state index contributed by atoms with van der Waals surface area (Å²) in [5, 5.41) is 4.22. The molecule has 1 aromatic heterocycles. The van der Waals surface area contributed by atoms with Crippen LogP contribution in [-0.4, -0.2) is 34.3 Å². The zero-order valence-corrected chi connectivity index (χ0v) is 12.2. The molecule has 0 bridgehead atoms. The van der Waals surface area contributed by atoms with Crippen molar-refractivity contribution in [2.75, 3.05) is 19.6 Å². The molecule has 0 spiro atoms. The fourth-order valence-electron chi connectivity index (χ4n) is 2.35. The molecule has 1 aromatic carbocycles. The van der Waals surface area contributed by atoms with Crippen molar-refractivity contribution in [3.05, 3.63) is 53.9 Å². The van der Waals surface area contributed by atoms with Crippen LogP contribution in [0.5, 0.6) is 0 Å². The lowest BCUT2D eigenvalue weighted by atomic mass is 10.2. The first-order valence-corrected chi connectivity index (χ1v) is 7.23. The average molecular weight is 272 g/mol. The molecule has 20 heavy (non-hydrogen) atoms. The summed E-state index contributed by atoms with van der Waals surface area (Å²) in [7, 11) is 2.00. The molecule has 0 amide bonds. The van der Waals surface area contributed by atoms with E-state index in [9.17, 15) is 0 Å². The number of hydrogen-bond acceptors (Lipinski definition) is 3. The van der Waals surface area contributed by atoms with Crippen LogP contribution < -0.4 is 5.73 Å². The van der Waals surface area contributed by atoms with E-state index < -0.39 is 0 Å². The van der Waals surface area contributed by atoms with E-state index in [0.717, 1.165) is 39.0 Å². The monoisotopic (exact) mass is 272 g/mol. The molecule has 0 radical (unpaired) electrons. The predicted molar refractivity (Wildman–Crippen MR) is 82.3 cm³/mol. The molecular formula is C16H24N4. The van der Waals surface area contributed by atoms with Gasteiger partial charge >= 0.3 is 0 Å². The van der Waals surface area contributed by atoms with Crippen LogP contribution in [0, 0.1) is 0 Å². The smallest absolute Gasteiger partial charge is 0.0492 e. The first-order chi connectivity index (χ1) is 9.79. The van der Waals surface area contributed by atoms with Crippen LogP contribution in [0.4, 0.5) is 0 Å². The summed E-state index contributed by atoms with van der Waals surface area (Å²) < 4.78 is 1.95. The lowest BCUT2D eigenvalue weighted by Crippen LogP contribution is -2.28. The van der Waals surface area contributed by atoms with Gasteiger partial charge in [-0.05, 0) is 31.1 Å². The highest BCUT2D eigenvalue weighted by Gasteiger charge is 2.07. The van der Waals surface area contributed by atoms with E-state index in [1.165, 1.54) is 11.3 Å². The van der Waals surface area contributed by atoms with Gasteiger partial charge in [0.25, 0.3) is 0 Å². The summed E-state index contributed by atoms with van der Waals surface area (Å²) in [5.74, 6) is 0. The van der Waals surface area contributed by atoms with Crippen molar-refractivity contribution < 1.29 is 0 Å². The van der Waals surface area contributed by atoms with E-state index in [-0.39, 0.29) is 0 Å². The minimum atomic E-state index is 0.747. The Labute approximate surface area is 121 Å². The molecule has 0 unspecified atom stereocenters. The zero-order chi connectivity index (χ0) is 14.2. The lowest BCUT2D eigenvalue weighted by molar-refractivity contribution is 0.265. The van der Waals surface area contributed by atoms with E-state index in [0.29, 0.717) is 0 Å². The third kappa shape index (κ3) is 4.47. The quantitative estimate of drug-likeness (QED) is 0.797. The summed E-state index contributed by atoms with van der Waals surface area (Å²) in [6.45, 7) is 3.81. The third-order valence-corrected chi connectivity index (χ3v) is 3.53. The second-order valence-electron chi connectivity index (χ2n) is 5.10. The van der Waals surface area contributed by atoms with Crippen molar-refractivity contribution in [1.29, 1.82) is 0 Å². The summed E-state index contributed by atoms with van der Waals surface area (Å²) in [4.78, 5) is 2.47. The van der Waals surface area contributed by atoms with Crippen LogP contribution in [0.3, 0.4) is 0 Å². The number of nitrogens with zero attached hydrogens (tertiary/aromatic N) is 3. The molecule has 0 saturated heterocycles. The maximum Gasteiger partial charge on any atom is 0.0492 e. The van der Waals surface area contributed by atoms with E-state index in [2.05, 4.69) is 46.4 Å². The Morgan fingerprint density at radius 1 is 1.15 bits per heavy atom. The minimum absolute atomic E-state index is 0.747. The first kappa shape index (κ1) is 14.8. The number of nitrogens with two attached hydrogens (primary N) is 1. The molecule has 0 fully saturated rings. The first-order valence-electron chi connectivity index (χ1n) is 7.23. The highest BCUT2D eigenvalue weighted by atomic mass is 15.3. The van der Waals surface area contributed by atoms with Crippen LogP contribution in [-0.2, 0) is 20.0 Å². The van der Waals surface area contributed by atoms with Gasteiger partial charge in [-0.3, -0.25) is 9.58 Å². The van der Waals surface area contributed by atoms with Gasteiger partial charge in [0, 0.05) is 38.4 Å². The summed E-state index contributed by atoms with van der Waals surface area (Å²) in [5.41, 5.74) is 8.27. The van der Waals surface area contributed by atoms with Gasteiger partial charge in [0.2, 0.25) is 0 Å². The number of rotatable bonds is 8. The van der Waals surface area contributed by atoms with Crippen LogP contribution in [0.25, 0.3) is 0 Å². The standard InChI is InChI=1S/C16H24N4/c1-19-16(8-11-18-19)9-13-20(12-5-10-17)14-15-6-3-2-4-7-15/h2-4,6-8,11H,5,9-10,12-14,17H2,1H3. The SMILES string of the molecule is Cn1nccc1CCN(CCCN)Cc1ccccc1. The van der Waals surface area contributed by atoms with E-state index in [1.54, 1.807) is 0 Å². The molecule has 0 aliphatic rings. The third-order valence-electron chi connectivity index (χ3n) is 3.53. The predicted octanol–water partition coefficient (Wildman–Crippen LogP) is 1.81. The molecule has 2 N–H and O–H groups in total. The van der Waals surface area contributed by atoms with Gasteiger partial charge in [-0.15, -0.1) is 0 Å². The number of aromatic nitrogens is 2. The topological polar surface area (TPSA) is 47.1 Å². The molecule has 0 saturated carbocycles. The van der Waals surface area contributed by atoms with Crippen LogP contribution in [0.15, 0.2) is 42.6 Å². The highest BCUT2D eigenvalue weighted by molar-refractivity contribution is 5.14. The molecule has 2 rings (SSSR count). The second kappa shape index (κ2) is 7.82. The Kier molecular flexibility index (Phi) is 5.77. The Morgan fingerprint density at radius 2 is 1.95 bits per heavy atom. The normalized spacial score (nSPS) is 11.2. The van der Waals surface area contributed by atoms with E-state index >= 15 is 0 Å². The molecule has 4 heteroatoms. The van der Waals surface area contributed by atoms with Gasteiger partial charge in [0.1, 0.15) is 0 Å². The summed E-state index contributed by atoms with van der Waals surface area (Å²) in [6.07, 6.45) is 3.92. The number of aryl methyl sites for hydroxylation is 1. The molecule has 1 heterocycles. The maximum absolute atomic E-state index is 5.64. The van der Waals surface area contributed by atoms with Crippen molar-refractivity contribution in [3.63, 3.8) is 0 Å². The molecule has 0 atom stereocenters. The van der Waals surface area contributed by atoms with Gasteiger partial charge in [-0.2, -0.15) is 5.10 Å². The molecule has 108 valence electrons. The van der Waals surface area contributed by atoms with Gasteiger partial charge in [-0.1, -0.05) is 30.3 Å².